The molecule has 3 aromatic rings. The highest BCUT2D eigenvalue weighted by Gasteiger charge is 2.12. The molecule has 3 aromatic carbocycles. The molecule has 6 heteroatoms. The summed E-state index contributed by atoms with van der Waals surface area (Å²) in [7, 11) is 0. The van der Waals surface area contributed by atoms with Crippen LogP contribution >= 0.6 is 11.8 Å². The van der Waals surface area contributed by atoms with E-state index < -0.39 is 11.9 Å². The van der Waals surface area contributed by atoms with Gasteiger partial charge in [0.1, 0.15) is 5.40 Å². The van der Waals surface area contributed by atoms with Gasteiger partial charge in [0.05, 0.1) is 6.42 Å². The van der Waals surface area contributed by atoms with Gasteiger partial charge in [-0.25, -0.2) is 0 Å². The van der Waals surface area contributed by atoms with E-state index in [2.05, 4.69) is 5.32 Å². The Morgan fingerprint density at radius 3 is 2.41 bits per heavy atom. The van der Waals surface area contributed by atoms with Crippen LogP contribution in [0.3, 0.4) is 0 Å². The number of nitrogens with one attached hydrogen (secondary N) is 1. The summed E-state index contributed by atoms with van der Waals surface area (Å²) in [5, 5.41) is 15.8. The van der Waals surface area contributed by atoms with Gasteiger partial charge in [-0.1, -0.05) is 42.5 Å². The van der Waals surface area contributed by atoms with E-state index in [1.54, 1.807) is 0 Å². The van der Waals surface area contributed by atoms with E-state index in [1.807, 2.05) is 73.8 Å². The summed E-state index contributed by atoms with van der Waals surface area (Å²) in [6.45, 7) is 3.37. The number of amides is 1. The van der Waals surface area contributed by atoms with Gasteiger partial charge in [0, 0.05) is 10.6 Å². The molecule has 0 aliphatic heterocycles. The number of benzene rings is 3. The number of carbonyl (C=O) groups is 2. The molecule has 3 rings (SSSR count). The lowest BCUT2D eigenvalue weighted by Gasteiger charge is -2.13. The van der Waals surface area contributed by atoms with Crippen LogP contribution in [-0.2, 0) is 20.7 Å². The van der Waals surface area contributed by atoms with Crippen molar-refractivity contribution in [3.63, 3.8) is 0 Å². The Bertz CT molecular complexity index is 1100. The molecule has 0 saturated carbocycles. The molecule has 0 atom stereocenters. The summed E-state index contributed by atoms with van der Waals surface area (Å²) < 4.78 is 5.14. The lowest BCUT2D eigenvalue weighted by atomic mass is 10.1. The van der Waals surface area contributed by atoms with Gasteiger partial charge in [-0.2, -0.15) is 5.26 Å². The standard InChI is InChI=1S/C23H20N2O3S/c1-15-9-20(29-14-24)10-16(2)23(15)25-21(26)13-28-22(27)12-17-7-8-18-5-3-4-6-19(18)11-17/h3-11H,12-13H2,1-2H3,(H,25,26). The predicted molar refractivity (Wildman–Crippen MR) is 115 cm³/mol. The van der Waals surface area contributed by atoms with Gasteiger partial charge in [-0.05, 0) is 65.2 Å². The van der Waals surface area contributed by atoms with Crippen LogP contribution in [0.5, 0.6) is 0 Å². The second kappa shape index (κ2) is 9.26. The second-order valence-corrected chi connectivity index (χ2v) is 7.55. The molecule has 0 bridgehead atoms. The SMILES string of the molecule is Cc1cc(SC#N)cc(C)c1NC(=O)COC(=O)Cc1ccc2ccccc2c1. The van der Waals surface area contributed by atoms with Crippen LogP contribution < -0.4 is 5.32 Å². The molecule has 5 nitrogen and oxygen atoms in total. The Kier molecular flexibility index (Phi) is 6.53. The first-order valence-corrected chi connectivity index (χ1v) is 9.88. The van der Waals surface area contributed by atoms with Gasteiger partial charge in [-0.15, -0.1) is 0 Å². The van der Waals surface area contributed by atoms with Crippen molar-refractivity contribution in [3.05, 3.63) is 71.3 Å². The maximum absolute atomic E-state index is 12.2. The number of aryl methyl sites for hydroxylation is 2. The second-order valence-electron chi connectivity index (χ2n) is 6.69. The van der Waals surface area contributed by atoms with Crippen molar-refractivity contribution in [2.24, 2.45) is 0 Å². The third-order valence-electron chi connectivity index (χ3n) is 4.46. The Morgan fingerprint density at radius 2 is 1.72 bits per heavy atom. The fourth-order valence-corrected chi connectivity index (χ4v) is 3.70. The minimum atomic E-state index is -0.454. The summed E-state index contributed by atoms with van der Waals surface area (Å²) in [6, 6.07) is 17.4. The maximum atomic E-state index is 12.2. The largest absolute Gasteiger partial charge is 0.455 e. The molecule has 0 fully saturated rings. The average molecular weight is 404 g/mol. The Balaban J connectivity index is 1.56. The molecule has 1 amide bonds. The van der Waals surface area contributed by atoms with Gasteiger partial charge in [-0.3, -0.25) is 9.59 Å². The summed E-state index contributed by atoms with van der Waals surface area (Å²) in [6.07, 6.45) is 0.107. The zero-order chi connectivity index (χ0) is 20.8. The quantitative estimate of drug-likeness (QED) is 0.364. The number of anilines is 1. The Labute approximate surface area is 173 Å². The first-order valence-electron chi connectivity index (χ1n) is 9.06. The molecule has 0 unspecified atom stereocenters. The van der Waals surface area contributed by atoms with E-state index in [9.17, 15) is 9.59 Å². The molecular formula is C23H20N2O3S. The number of hydrogen-bond donors (Lipinski definition) is 1. The molecule has 0 aliphatic carbocycles. The number of fused-ring (bicyclic) bond motifs is 1. The van der Waals surface area contributed by atoms with Crippen molar-refractivity contribution >= 4 is 40.1 Å². The number of carbonyl (C=O) groups excluding carboxylic acids is 2. The van der Waals surface area contributed by atoms with Crippen LogP contribution in [0.2, 0.25) is 0 Å². The number of hydrogen-bond acceptors (Lipinski definition) is 5. The van der Waals surface area contributed by atoms with Crippen molar-refractivity contribution in [2.45, 2.75) is 25.2 Å². The molecule has 29 heavy (non-hydrogen) atoms. The zero-order valence-corrected chi connectivity index (χ0v) is 17.0. The first-order chi connectivity index (χ1) is 14.0. The van der Waals surface area contributed by atoms with E-state index in [0.29, 0.717) is 5.69 Å². The number of thioether (sulfide) groups is 1. The lowest BCUT2D eigenvalue weighted by Crippen LogP contribution is -2.22. The Morgan fingerprint density at radius 1 is 1.03 bits per heavy atom. The normalized spacial score (nSPS) is 10.4. The molecule has 0 radical (unpaired) electrons. The minimum Gasteiger partial charge on any atom is -0.455 e. The predicted octanol–water partition coefficient (Wildman–Crippen LogP) is 4.75. The minimum absolute atomic E-state index is 0.107. The number of ether oxygens (including phenoxy) is 1. The summed E-state index contributed by atoms with van der Waals surface area (Å²) in [5.41, 5.74) is 3.20. The van der Waals surface area contributed by atoms with Gasteiger partial charge >= 0.3 is 5.97 Å². The van der Waals surface area contributed by atoms with E-state index in [1.165, 1.54) is 0 Å². The monoisotopic (exact) mass is 404 g/mol. The van der Waals surface area contributed by atoms with Crippen molar-refractivity contribution in [1.29, 1.82) is 5.26 Å². The molecule has 0 aromatic heterocycles. The van der Waals surface area contributed by atoms with Gasteiger partial charge in [0.25, 0.3) is 5.91 Å². The van der Waals surface area contributed by atoms with E-state index >= 15 is 0 Å². The number of rotatable bonds is 6. The van der Waals surface area contributed by atoms with Gasteiger partial charge < -0.3 is 10.1 Å². The van der Waals surface area contributed by atoms with Crippen LogP contribution in [0.15, 0.2) is 59.5 Å². The molecule has 0 saturated heterocycles. The van der Waals surface area contributed by atoms with E-state index in [4.69, 9.17) is 10.00 Å². The number of nitrogens with zero attached hydrogens (tertiary/aromatic N) is 1. The van der Waals surface area contributed by atoms with Crippen LogP contribution in [0.25, 0.3) is 10.8 Å². The molecule has 146 valence electrons. The van der Waals surface area contributed by atoms with Crippen LogP contribution in [-0.4, -0.2) is 18.5 Å². The summed E-state index contributed by atoms with van der Waals surface area (Å²) >= 11 is 1.07. The fraction of sp³-hybridized carbons (Fsp3) is 0.174. The van der Waals surface area contributed by atoms with Gasteiger partial charge in [0.15, 0.2) is 6.61 Å². The van der Waals surface area contributed by atoms with Crippen molar-refractivity contribution in [1.82, 2.24) is 0 Å². The number of thiocyanates is 1. The summed E-state index contributed by atoms with van der Waals surface area (Å²) in [4.78, 5) is 25.2. The van der Waals surface area contributed by atoms with Crippen LogP contribution in [0.1, 0.15) is 16.7 Å². The number of nitriles is 1. The highest BCUT2D eigenvalue weighted by molar-refractivity contribution is 8.03. The van der Waals surface area contributed by atoms with E-state index in [0.717, 1.165) is 44.1 Å². The van der Waals surface area contributed by atoms with Crippen LogP contribution in [0.4, 0.5) is 5.69 Å². The third-order valence-corrected chi connectivity index (χ3v) is 5.02. The van der Waals surface area contributed by atoms with Crippen molar-refractivity contribution in [3.8, 4) is 5.40 Å². The molecule has 0 spiro atoms. The molecular weight excluding hydrogens is 384 g/mol. The topological polar surface area (TPSA) is 79.2 Å². The third kappa shape index (κ3) is 5.37. The molecule has 0 aliphatic rings. The zero-order valence-electron chi connectivity index (χ0n) is 16.2. The van der Waals surface area contributed by atoms with Crippen LogP contribution in [0, 0.1) is 24.5 Å². The fourth-order valence-electron chi connectivity index (χ4n) is 3.12. The highest BCUT2D eigenvalue weighted by atomic mass is 32.2. The highest BCUT2D eigenvalue weighted by Crippen LogP contribution is 2.27. The summed E-state index contributed by atoms with van der Waals surface area (Å²) in [5.74, 6) is -0.853. The van der Waals surface area contributed by atoms with Gasteiger partial charge in [0.2, 0.25) is 0 Å². The molecule has 0 heterocycles. The van der Waals surface area contributed by atoms with E-state index in [-0.39, 0.29) is 13.0 Å². The van der Waals surface area contributed by atoms with Crippen molar-refractivity contribution in [2.75, 3.05) is 11.9 Å². The number of esters is 1. The Hall–Kier alpha value is -3.30. The van der Waals surface area contributed by atoms with Crippen molar-refractivity contribution < 1.29 is 14.3 Å². The molecule has 1 N–H and O–H groups in total. The maximum Gasteiger partial charge on any atom is 0.310 e. The average Bonchev–Trinajstić information content (AvgIpc) is 2.69. The lowest BCUT2D eigenvalue weighted by molar-refractivity contribution is -0.146. The first kappa shape index (κ1) is 20.4. The smallest absolute Gasteiger partial charge is 0.310 e.